The van der Waals surface area contributed by atoms with Crippen molar-refractivity contribution in [2.24, 2.45) is 0 Å². The van der Waals surface area contributed by atoms with Gasteiger partial charge in [0.25, 0.3) is 0 Å². The third-order valence-electron chi connectivity index (χ3n) is 9.66. The van der Waals surface area contributed by atoms with Gasteiger partial charge >= 0.3 is 0 Å². The monoisotopic (exact) mass is 602 g/mol. The Morgan fingerprint density at radius 2 is 1.07 bits per heavy atom. The van der Waals surface area contributed by atoms with E-state index in [0.29, 0.717) is 0 Å². The maximum atomic E-state index is 2.52. The molecule has 3 heterocycles. The van der Waals surface area contributed by atoms with Gasteiger partial charge in [0.2, 0.25) is 6.71 Å². The third kappa shape index (κ3) is 3.62. The first-order valence-electron chi connectivity index (χ1n) is 15.8. The molecule has 0 bridgehead atoms. The molecule has 8 aromatic rings. The lowest BCUT2D eigenvalue weighted by atomic mass is 9.35. The van der Waals surface area contributed by atoms with Crippen LogP contribution in [0, 0.1) is 0 Å². The third-order valence-corrected chi connectivity index (χ3v) is 10.8. The molecule has 10 rings (SSSR count). The Hall–Kier alpha value is -5.45. The van der Waals surface area contributed by atoms with E-state index in [1.54, 1.807) is 0 Å². The molecule has 0 saturated carbocycles. The zero-order valence-electron chi connectivity index (χ0n) is 25.0. The van der Waals surface area contributed by atoms with E-state index in [1.807, 2.05) is 11.8 Å². The van der Waals surface area contributed by atoms with Gasteiger partial charge in [-0.1, -0.05) is 126 Å². The van der Waals surface area contributed by atoms with Gasteiger partial charge < -0.3 is 9.47 Å². The van der Waals surface area contributed by atoms with E-state index in [1.165, 1.54) is 81.9 Å². The van der Waals surface area contributed by atoms with E-state index in [4.69, 9.17) is 0 Å². The fourth-order valence-electron chi connectivity index (χ4n) is 7.84. The first kappa shape index (κ1) is 25.8. The average molecular weight is 603 g/mol. The van der Waals surface area contributed by atoms with E-state index in [9.17, 15) is 0 Å². The van der Waals surface area contributed by atoms with Gasteiger partial charge in [0, 0.05) is 43.2 Å². The number of para-hydroxylation sites is 4. The van der Waals surface area contributed by atoms with Crippen molar-refractivity contribution in [3.05, 3.63) is 164 Å². The topological polar surface area (TPSA) is 8.17 Å². The lowest BCUT2D eigenvalue weighted by molar-refractivity contribution is 1.18. The van der Waals surface area contributed by atoms with Crippen LogP contribution >= 0.6 is 11.8 Å². The SMILES string of the molecule is c1ccc(-n2c3ccccc3c3c(-c4ccccc4N4c5ccccc5B5c6ccccc6Sc6cccc4c65)cccc32)cc1. The molecule has 7 aromatic carbocycles. The Bertz CT molecular complexity index is 2480. The summed E-state index contributed by atoms with van der Waals surface area (Å²) in [4.78, 5) is 5.21. The highest BCUT2D eigenvalue weighted by Gasteiger charge is 2.40. The van der Waals surface area contributed by atoms with Crippen molar-refractivity contribution in [1.82, 2.24) is 4.57 Å². The van der Waals surface area contributed by atoms with Crippen molar-refractivity contribution in [3.63, 3.8) is 0 Å². The molecule has 214 valence electrons. The first-order valence-corrected chi connectivity index (χ1v) is 16.6. The molecule has 2 aliphatic rings. The van der Waals surface area contributed by atoms with Crippen LogP contribution in [0.5, 0.6) is 0 Å². The molecule has 2 nitrogen and oxygen atoms in total. The van der Waals surface area contributed by atoms with E-state index in [-0.39, 0.29) is 6.71 Å². The van der Waals surface area contributed by atoms with Gasteiger partial charge in [-0.3, -0.25) is 0 Å². The second-order valence-electron chi connectivity index (χ2n) is 12.1. The molecule has 0 amide bonds. The Morgan fingerprint density at radius 1 is 0.435 bits per heavy atom. The summed E-state index contributed by atoms with van der Waals surface area (Å²) in [5, 5.41) is 2.54. The minimum absolute atomic E-state index is 0.204. The van der Waals surface area contributed by atoms with Crippen LogP contribution in [0.2, 0.25) is 0 Å². The molecule has 0 radical (unpaired) electrons. The summed E-state index contributed by atoms with van der Waals surface area (Å²) in [6.45, 7) is 0.204. The van der Waals surface area contributed by atoms with Crippen LogP contribution in [-0.4, -0.2) is 11.3 Å². The number of aromatic nitrogens is 1. The lowest BCUT2D eigenvalue weighted by Gasteiger charge is -2.40. The molecule has 0 fully saturated rings. The van der Waals surface area contributed by atoms with Gasteiger partial charge in [-0.25, -0.2) is 0 Å². The number of fused-ring (bicyclic) bond motifs is 7. The number of anilines is 3. The Morgan fingerprint density at radius 3 is 1.98 bits per heavy atom. The maximum Gasteiger partial charge on any atom is 0.249 e. The number of hydrogen-bond acceptors (Lipinski definition) is 2. The number of nitrogens with zero attached hydrogens (tertiary/aromatic N) is 2. The smallest absolute Gasteiger partial charge is 0.249 e. The second-order valence-corrected chi connectivity index (χ2v) is 13.1. The van der Waals surface area contributed by atoms with Crippen molar-refractivity contribution in [1.29, 1.82) is 0 Å². The molecule has 0 atom stereocenters. The molecule has 0 unspecified atom stereocenters. The molecule has 46 heavy (non-hydrogen) atoms. The fraction of sp³-hybridized carbons (Fsp3) is 0. The Kier molecular flexibility index (Phi) is 5.64. The summed E-state index contributed by atoms with van der Waals surface area (Å²) in [5.41, 5.74) is 13.9. The second kappa shape index (κ2) is 10.0. The van der Waals surface area contributed by atoms with E-state index in [0.717, 1.165) is 0 Å². The van der Waals surface area contributed by atoms with Crippen LogP contribution < -0.4 is 21.3 Å². The molecule has 0 spiro atoms. The highest BCUT2D eigenvalue weighted by Crippen LogP contribution is 2.47. The number of benzene rings is 7. The molecular weight excluding hydrogens is 575 g/mol. The van der Waals surface area contributed by atoms with E-state index < -0.39 is 0 Å². The molecule has 0 N–H and O–H groups in total. The van der Waals surface area contributed by atoms with Gasteiger partial charge in [0.1, 0.15) is 0 Å². The van der Waals surface area contributed by atoms with Crippen molar-refractivity contribution in [2.75, 3.05) is 4.90 Å². The lowest BCUT2D eigenvalue weighted by Crippen LogP contribution is -2.59. The van der Waals surface area contributed by atoms with E-state index >= 15 is 0 Å². The molecule has 2 aliphatic heterocycles. The highest BCUT2D eigenvalue weighted by molar-refractivity contribution is 8.00. The molecule has 0 saturated heterocycles. The Balaban J connectivity index is 1.26. The van der Waals surface area contributed by atoms with Crippen LogP contribution in [0.25, 0.3) is 38.6 Å². The van der Waals surface area contributed by atoms with Crippen molar-refractivity contribution >= 4 is 73.7 Å². The van der Waals surface area contributed by atoms with E-state index in [2.05, 4.69) is 173 Å². The summed E-state index contributed by atoms with van der Waals surface area (Å²) < 4.78 is 2.40. The van der Waals surface area contributed by atoms with Crippen LogP contribution in [0.15, 0.2) is 174 Å². The maximum absolute atomic E-state index is 2.52. The van der Waals surface area contributed by atoms with Crippen LogP contribution in [0.4, 0.5) is 17.1 Å². The predicted molar refractivity (Wildman–Crippen MR) is 196 cm³/mol. The molecular formula is C42H27BN2S. The first-order chi connectivity index (χ1) is 22.9. The summed E-state index contributed by atoms with van der Waals surface area (Å²) in [6.07, 6.45) is 0. The van der Waals surface area contributed by atoms with Crippen molar-refractivity contribution < 1.29 is 0 Å². The zero-order chi connectivity index (χ0) is 30.2. The Labute approximate surface area is 272 Å². The summed E-state index contributed by atoms with van der Waals surface area (Å²) in [5.74, 6) is 0. The fourth-order valence-corrected chi connectivity index (χ4v) is 9.00. The van der Waals surface area contributed by atoms with Crippen molar-refractivity contribution in [2.45, 2.75) is 9.79 Å². The van der Waals surface area contributed by atoms with Crippen LogP contribution in [-0.2, 0) is 0 Å². The minimum atomic E-state index is 0.204. The largest absolute Gasteiger partial charge is 0.311 e. The molecule has 4 heteroatoms. The van der Waals surface area contributed by atoms with Gasteiger partial charge in [0.15, 0.2) is 0 Å². The van der Waals surface area contributed by atoms with Crippen LogP contribution in [0.1, 0.15) is 0 Å². The zero-order valence-corrected chi connectivity index (χ0v) is 25.8. The number of rotatable bonds is 3. The van der Waals surface area contributed by atoms with Crippen LogP contribution in [0.3, 0.4) is 0 Å². The summed E-state index contributed by atoms with van der Waals surface area (Å²) in [6, 6.07) is 60.0. The van der Waals surface area contributed by atoms with Gasteiger partial charge in [0.05, 0.1) is 16.7 Å². The van der Waals surface area contributed by atoms with Gasteiger partial charge in [-0.05, 0) is 71.1 Å². The average Bonchev–Trinajstić information content (AvgIpc) is 3.47. The minimum Gasteiger partial charge on any atom is -0.311 e. The standard InChI is InChI=1S/C42H27BN2S/c1-2-14-28(15-3-1)44-35-22-9-5-17-31(35)41-30(18-12-24-37(41)44)29-16-4-8-21-34(29)45-36-23-10-6-19-32(36)43-33-20-7-11-26-39(33)46-40-27-13-25-38(45)42(40)43/h1-27H. The summed E-state index contributed by atoms with van der Waals surface area (Å²) in [7, 11) is 0. The van der Waals surface area contributed by atoms with Gasteiger partial charge in [-0.2, -0.15) is 0 Å². The quantitative estimate of drug-likeness (QED) is 0.186. The molecule has 0 aliphatic carbocycles. The summed E-state index contributed by atoms with van der Waals surface area (Å²) >= 11 is 1.90. The van der Waals surface area contributed by atoms with Crippen molar-refractivity contribution in [3.8, 4) is 16.8 Å². The highest BCUT2D eigenvalue weighted by atomic mass is 32.2. The van der Waals surface area contributed by atoms with Gasteiger partial charge in [-0.15, -0.1) is 0 Å². The predicted octanol–water partition coefficient (Wildman–Crippen LogP) is 9.21. The number of hydrogen-bond donors (Lipinski definition) is 0. The normalized spacial score (nSPS) is 13.0. The molecule has 1 aromatic heterocycles.